The molecule has 0 aromatic heterocycles. The van der Waals surface area contributed by atoms with Gasteiger partial charge in [-0.3, -0.25) is 0 Å². The van der Waals surface area contributed by atoms with Crippen molar-refractivity contribution in [3.63, 3.8) is 0 Å². The molecule has 0 unspecified atom stereocenters. The molecule has 4 rings (SSSR count). The predicted octanol–water partition coefficient (Wildman–Crippen LogP) is 11.1. The molecule has 0 bridgehead atoms. The molecule has 4 aromatic carbocycles. The number of esters is 3. The highest BCUT2D eigenvalue weighted by Gasteiger charge is 2.21. The summed E-state index contributed by atoms with van der Waals surface area (Å²) in [7, 11) is 0. The van der Waals surface area contributed by atoms with Gasteiger partial charge in [-0.15, -0.1) is 0 Å². The third-order valence-electron chi connectivity index (χ3n) is 8.53. The van der Waals surface area contributed by atoms with Gasteiger partial charge in [0, 0.05) is 0 Å². The Bertz CT molecular complexity index is 1680. The van der Waals surface area contributed by atoms with Crippen molar-refractivity contribution in [2.75, 3.05) is 13.2 Å². The molecule has 8 nitrogen and oxygen atoms in total. The second-order valence-corrected chi connectivity index (χ2v) is 12.9. The van der Waals surface area contributed by atoms with Crippen LogP contribution < -0.4 is 23.7 Å². The van der Waals surface area contributed by atoms with E-state index in [-0.39, 0.29) is 22.6 Å². The Morgan fingerprint density at radius 1 is 0.442 bits per heavy atom. The lowest BCUT2D eigenvalue weighted by Crippen LogP contribution is -2.15. The Labute approximate surface area is 308 Å². The van der Waals surface area contributed by atoms with Crippen molar-refractivity contribution in [2.45, 2.75) is 97.8 Å². The normalized spacial score (nSPS) is 10.8. The molecule has 0 amide bonds. The molecular weight excluding hydrogens is 656 g/mol. The number of benzene rings is 4. The molecule has 0 radical (unpaired) electrons. The molecule has 0 saturated carbocycles. The fourth-order valence-electron chi connectivity index (χ4n) is 5.43. The van der Waals surface area contributed by atoms with Crippen LogP contribution in [0.3, 0.4) is 0 Å². The minimum Gasteiger partial charge on any atom is -0.494 e. The molecule has 0 atom stereocenters. The van der Waals surface area contributed by atoms with Crippen molar-refractivity contribution in [1.82, 2.24) is 0 Å². The van der Waals surface area contributed by atoms with Crippen molar-refractivity contribution in [3.05, 3.63) is 113 Å². The van der Waals surface area contributed by atoms with Crippen LogP contribution >= 0.6 is 0 Å². The van der Waals surface area contributed by atoms with E-state index >= 15 is 0 Å². The summed E-state index contributed by atoms with van der Waals surface area (Å²) < 4.78 is 28.6. The van der Waals surface area contributed by atoms with Gasteiger partial charge in [0.25, 0.3) is 0 Å². The topological polar surface area (TPSA) is 97.4 Å². The summed E-state index contributed by atoms with van der Waals surface area (Å²) in [4.78, 5) is 39.6. The molecule has 4 aromatic rings. The zero-order valence-corrected chi connectivity index (χ0v) is 30.8. The number of carbonyl (C=O) groups is 3. The quantitative estimate of drug-likeness (QED) is 0.0452. The van der Waals surface area contributed by atoms with Crippen LogP contribution in [0.4, 0.5) is 0 Å². The third-order valence-corrected chi connectivity index (χ3v) is 8.53. The first kappa shape index (κ1) is 39.7. The van der Waals surface area contributed by atoms with Crippen molar-refractivity contribution < 1.29 is 38.1 Å². The van der Waals surface area contributed by atoms with Gasteiger partial charge >= 0.3 is 17.9 Å². The standard InChI is InChI=1S/C44H52O8/c1-4-6-8-10-12-14-30-48-36-24-18-34(19-25-36)42(45)51-39-28-29-41(40(32-39)44(47)50-38-22-16-33(3)17-23-38)52-43(46)35-20-26-37(27-21-35)49-31-15-13-11-9-7-5-2/h16-29,32H,4-15,30-31H2,1-3H3. The molecule has 0 aliphatic carbocycles. The molecule has 0 heterocycles. The zero-order valence-electron chi connectivity index (χ0n) is 30.8. The Morgan fingerprint density at radius 3 is 1.38 bits per heavy atom. The minimum absolute atomic E-state index is 0.0443. The summed E-state index contributed by atoms with van der Waals surface area (Å²) in [5.41, 5.74) is 1.50. The smallest absolute Gasteiger partial charge is 0.347 e. The summed E-state index contributed by atoms with van der Waals surface area (Å²) in [6, 6.07) is 24.5. The molecule has 276 valence electrons. The highest BCUT2D eigenvalue weighted by Crippen LogP contribution is 2.28. The van der Waals surface area contributed by atoms with Crippen LogP contribution in [-0.2, 0) is 0 Å². The Balaban J connectivity index is 1.39. The van der Waals surface area contributed by atoms with Crippen LogP contribution in [0.2, 0.25) is 0 Å². The van der Waals surface area contributed by atoms with Gasteiger partial charge in [0.1, 0.15) is 34.3 Å². The average Bonchev–Trinajstić information content (AvgIpc) is 3.16. The maximum atomic E-state index is 13.4. The number of carbonyl (C=O) groups excluding carboxylic acids is 3. The Kier molecular flexibility index (Phi) is 16.8. The first-order valence-electron chi connectivity index (χ1n) is 18.7. The fraction of sp³-hybridized carbons (Fsp3) is 0.386. The lowest BCUT2D eigenvalue weighted by molar-refractivity contribution is 0.0691. The summed E-state index contributed by atoms with van der Waals surface area (Å²) in [5, 5.41) is 0. The Morgan fingerprint density at radius 2 is 0.865 bits per heavy atom. The van der Waals surface area contributed by atoms with Crippen LogP contribution in [0.5, 0.6) is 28.7 Å². The summed E-state index contributed by atoms with van der Waals surface area (Å²) in [5.74, 6) is -0.394. The van der Waals surface area contributed by atoms with Crippen molar-refractivity contribution in [3.8, 4) is 28.7 Å². The van der Waals surface area contributed by atoms with E-state index in [0.29, 0.717) is 36.0 Å². The van der Waals surface area contributed by atoms with Crippen LogP contribution in [0.15, 0.2) is 91.0 Å². The molecule has 0 aliphatic heterocycles. The van der Waals surface area contributed by atoms with Gasteiger partial charge in [-0.25, -0.2) is 14.4 Å². The van der Waals surface area contributed by atoms with Gasteiger partial charge in [-0.1, -0.05) is 95.8 Å². The van der Waals surface area contributed by atoms with E-state index in [1.165, 1.54) is 69.6 Å². The third kappa shape index (κ3) is 13.5. The van der Waals surface area contributed by atoms with E-state index in [0.717, 1.165) is 31.2 Å². The maximum Gasteiger partial charge on any atom is 0.347 e. The van der Waals surface area contributed by atoms with E-state index in [2.05, 4.69) is 13.8 Å². The zero-order chi connectivity index (χ0) is 37.0. The van der Waals surface area contributed by atoms with Crippen molar-refractivity contribution >= 4 is 17.9 Å². The number of unbranched alkanes of at least 4 members (excludes halogenated alkanes) is 10. The second-order valence-electron chi connectivity index (χ2n) is 12.9. The van der Waals surface area contributed by atoms with Crippen LogP contribution in [0.25, 0.3) is 0 Å². The van der Waals surface area contributed by atoms with Crippen LogP contribution in [-0.4, -0.2) is 31.1 Å². The second kappa shape index (κ2) is 22.0. The van der Waals surface area contributed by atoms with E-state index in [4.69, 9.17) is 23.7 Å². The van der Waals surface area contributed by atoms with Crippen molar-refractivity contribution in [2.24, 2.45) is 0 Å². The number of hydrogen-bond acceptors (Lipinski definition) is 8. The van der Waals surface area contributed by atoms with E-state index < -0.39 is 17.9 Å². The summed E-state index contributed by atoms with van der Waals surface area (Å²) in [6.45, 7) is 7.55. The van der Waals surface area contributed by atoms with Crippen LogP contribution in [0.1, 0.15) is 128 Å². The summed E-state index contributed by atoms with van der Waals surface area (Å²) >= 11 is 0. The monoisotopic (exact) mass is 708 g/mol. The minimum atomic E-state index is -0.783. The first-order valence-corrected chi connectivity index (χ1v) is 18.7. The van der Waals surface area contributed by atoms with Crippen LogP contribution in [0, 0.1) is 6.92 Å². The van der Waals surface area contributed by atoms with Gasteiger partial charge in [0.2, 0.25) is 0 Å². The SMILES string of the molecule is CCCCCCCCOc1ccc(C(=O)Oc2ccc(OC(=O)c3ccc(OCCCCCCCC)cc3)c(C(=O)Oc3ccc(C)cc3)c2)cc1. The highest BCUT2D eigenvalue weighted by molar-refractivity contribution is 5.98. The molecule has 0 spiro atoms. The number of hydrogen-bond donors (Lipinski definition) is 0. The predicted molar refractivity (Wildman–Crippen MR) is 203 cm³/mol. The first-order chi connectivity index (χ1) is 25.4. The molecular formula is C44H52O8. The molecule has 0 N–H and O–H groups in total. The summed E-state index contributed by atoms with van der Waals surface area (Å²) in [6.07, 6.45) is 14.1. The van der Waals surface area contributed by atoms with Crippen molar-refractivity contribution in [1.29, 1.82) is 0 Å². The van der Waals surface area contributed by atoms with E-state index in [9.17, 15) is 14.4 Å². The van der Waals surface area contributed by atoms with Gasteiger partial charge in [-0.2, -0.15) is 0 Å². The molecule has 0 aliphatic rings. The van der Waals surface area contributed by atoms with E-state index in [1.54, 1.807) is 60.7 Å². The molecule has 8 heteroatoms. The maximum absolute atomic E-state index is 13.4. The molecule has 0 fully saturated rings. The number of rotatable bonds is 22. The lowest BCUT2D eigenvalue weighted by atomic mass is 10.1. The average molecular weight is 709 g/mol. The van der Waals surface area contributed by atoms with E-state index in [1.807, 2.05) is 19.1 Å². The fourth-order valence-corrected chi connectivity index (χ4v) is 5.43. The molecule has 0 saturated heterocycles. The lowest BCUT2D eigenvalue weighted by Gasteiger charge is -2.13. The van der Waals surface area contributed by atoms with Gasteiger partial charge < -0.3 is 23.7 Å². The highest BCUT2D eigenvalue weighted by atomic mass is 16.6. The largest absolute Gasteiger partial charge is 0.494 e. The number of ether oxygens (including phenoxy) is 5. The van der Waals surface area contributed by atoms with Gasteiger partial charge in [-0.05, 0) is 98.6 Å². The number of aryl methyl sites for hydroxylation is 1. The van der Waals surface area contributed by atoms with Gasteiger partial charge in [0.15, 0.2) is 0 Å². The Hall–Kier alpha value is -5.11. The molecule has 52 heavy (non-hydrogen) atoms. The van der Waals surface area contributed by atoms with Gasteiger partial charge in [0.05, 0.1) is 24.3 Å².